The molecule has 8 heteroatoms. The molecule has 0 aromatic heterocycles. The first-order valence-corrected chi connectivity index (χ1v) is 11.4. The van der Waals surface area contributed by atoms with Gasteiger partial charge in [0.1, 0.15) is 5.75 Å². The van der Waals surface area contributed by atoms with Crippen molar-refractivity contribution in [1.29, 1.82) is 0 Å². The molecule has 0 atom stereocenters. The van der Waals surface area contributed by atoms with Crippen molar-refractivity contribution in [1.82, 2.24) is 14.7 Å². The number of benzene rings is 1. The van der Waals surface area contributed by atoms with Gasteiger partial charge in [-0.15, -0.1) is 0 Å². The Kier molecular flexibility index (Phi) is 8.58. The molecule has 0 bridgehead atoms. The summed E-state index contributed by atoms with van der Waals surface area (Å²) in [6.07, 6.45) is 2.34. The molecule has 2 saturated heterocycles. The standard InChI is InChI=1S/C23H34ClN3O4/c1-25-12-14-27(15-13-25)22(29)17-23(18-31-20-5-3-19(24)4-6-20)8-10-26(11-9-23)21(28)7-16-30-2/h3-6H,7-18H2,1-2H3. The number of hydrogen-bond acceptors (Lipinski definition) is 5. The second-order valence-corrected chi connectivity index (χ2v) is 9.16. The maximum absolute atomic E-state index is 13.1. The Morgan fingerprint density at radius 3 is 2.19 bits per heavy atom. The van der Waals surface area contributed by atoms with Crippen LogP contribution in [0.1, 0.15) is 25.7 Å². The Balaban J connectivity index is 1.64. The van der Waals surface area contributed by atoms with Crippen molar-refractivity contribution in [2.45, 2.75) is 25.7 Å². The van der Waals surface area contributed by atoms with Gasteiger partial charge in [0, 0.05) is 63.2 Å². The minimum Gasteiger partial charge on any atom is -0.493 e. The summed E-state index contributed by atoms with van der Waals surface area (Å²) in [5.74, 6) is 1.04. The van der Waals surface area contributed by atoms with Crippen LogP contribution in [0.3, 0.4) is 0 Å². The minimum absolute atomic E-state index is 0.111. The molecule has 0 N–H and O–H groups in total. The number of likely N-dealkylation sites (tertiary alicyclic amines) is 1. The maximum atomic E-state index is 13.1. The smallest absolute Gasteiger partial charge is 0.224 e. The van der Waals surface area contributed by atoms with E-state index < -0.39 is 0 Å². The fourth-order valence-corrected chi connectivity index (χ4v) is 4.33. The molecule has 3 rings (SSSR count). The number of nitrogens with zero attached hydrogens (tertiary/aromatic N) is 3. The van der Waals surface area contributed by atoms with E-state index in [4.69, 9.17) is 21.1 Å². The first-order valence-electron chi connectivity index (χ1n) is 11.0. The molecule has 7 nitrogen and oxygen atoms in total. The van der Waals surface area contributed by atoms with Crippen LogP contribution in [-0.2, 0) is 14.3 Å². The lowest BCUT2D eigenvalue weighted by atomic mass is 9.75. The third-order valence-corrected chi connectivity index (χ3v) is 6.69. The molecule has 0 unspecified atom stereocenters. The summed E-state index contributed by atoms with van der Waals surface area (Å²) in [6, 6.07) is 7.30. The normalized spacial score (nSPS) is 19.3. The number of ether oxygens (including phenoxy) is 2. The molecule has 0 aliphatic carbocycles. The number of likely N-dealkylation sites (N-methyl/N-ethyl adjacent to an activating group) is 1. The average Bonchev–Trinajstić information content (AvgIpc) is 2.78. The molecule has 0 spiro atoms. The minimum atomic E-state index is -0.280. The van der Waals surface area contributed by atoms with E-state index in [1.54, 1.807) is 19.2 Å². The number of carbonyl (C=O) groups excluding carboxylic acids is 2. The summed E-state index contributed by atoms with van der Waals surface area (Å²) in [5.41, 5.74) is -0.280. The average molecular weight is 452 g/mol. The van der Waals surface area contributed by atoms with Gasteiger partial charge in [-0.1, -0.05) is 11.6 Å². The summed E-state index contributed by atoms with van der Waals surface area (Å²) in [4.78, 5) is 31.6. The van der Waals surface area contributed by atoms with E-state index in [-0.39, 0.29) is 17.2 Å². The van der Waals surface area contributed by atoms with Crippen molar-refractivity contribution >= 4 is 23.4 Å². The highest BCUT2D eigenvalue weighted by Crippen LogP contribution is 2.37. The molecule has 172 valence electrons. The van der Waals surface area contributed by atoms with Crippen LogP contribution in [0.4, 0.5) is 0 Å². The topological polar surface area (TPSA) is 62.3 Å². The van der Waals surface area contributed by atoms with E-state index in [1.807, 2.05) is 21.9 Å². The third kappa shape index (κ3) is 6.82. The van der Waals surface area contributed by atoms with Crippen molar-refractivity contribution in [2.75, 3.05) is 66.6 Å². The van der Waals surface area contributed by atoms with Gasteiger partial charge in [-0.2, -0.15) is 0 Å². The van der Waals surface area contributed by atoms with Gasteiger partial charge < -0.3 is 24.2 Å². The largest absolute Gasteiger partial charge is 0.493 e. The van der Waals surface area contributed by atoms with E-state index in [9.17, 15) is 9.59 Å². The fourth-order valence-electron chi connectivity index (χ4n) is 4.21. The Labute approximate surface area is 190 Å². The lowest BCUT2D eigenvalue weighted by Gasteiger charge is -2.42. The molecular formula is C23H34ClN3O4. The summed E-state index contributed by atoms with van der Waals surface area (Å²) in [5, 5.41) is 0.662. The van der Waals surface area contributed by atoms with Crippen LogP contribution in [-0.4, -0.2) is 93.2 Å². The van der Waals surface area contributed by atoms with E-state index >= 15 is 0 Å². The van der Waals surface area contributed by atoms with Crippen molar-refractivity contribution in [3.05, 3.63) is 29.3 Å². The Hall–Kier alpha value is -1.83. The van der Waals surface area contributed by atoms with Gasteiger partial charge in [0.2, 0.25) is 11.8 Å². The summed E-state index contributed by atoms with van der Waals surface area (Å²) in [6.45, 7) is 5.51. The molecule has 0 radical (unpaired) electrons. The number of amides is 2. The number of carbonyl (C=O) groups is 2. The second kappa shape index (κ2) is 11.2. The number of rotatable bonds is 8. The molecule has 1 aromatic rings. The second-order valence-electron chi connectivity index (χ2n) is 8.73. The van der Waals surface area contributed by atoms with Crippen LogP contribution in [0, 0.1) is 5.41 Å². The van der Waals surface area contributed by atoms with Gasteiger partial charge >= 0.3 is 0 Å². The zero-order valence-electron chi connectivity index (χ0n) is 18.6. The lowest BCUT2D eigenvalue weighted by Crippen LogP contribution is -2.51. The zero-order valence-corrected chi connectivity index (χ0v) is 19.4. The summed E-state index contributed by atoms with van der Waals surface area (Å²) in [7, 11) is 3.69. The summed E-state index contributed by atoms with van der Waals surface area (Å²) >= 11 is 5.98. The predicted octanol–water partition coefficient (Wildman–Crippen LogP) is 2.53. The van der Waals surface area contributed by atoms with Crippen molar-refractivity contribution in [3.8, 4) is 5.75 Å². The highest BCUT2D eigenvalue weighted by Gasteiger charge is 2.39. The van der Waals surface area contributed by atoms with Crippen LogP contribution >= 0.6 is 11.6 Å². The molecule has 2 fully saturated rings. The quantitative estimate of drug-likeness (QED) is 0.607. The molecule has 2 heterocycles. The van der Waals surface area contributed by atoms with Gasteiger partial charge in [0.25, 0.3) is 0 Å². The van der Waals surface area contributed by atoms with Crippen LogP contribution < -0.4 is 4.74 Å². The van der Waals surface area contributed by atoms with Crippen LogP contribution in [0.25, 0.3) is 0 Å². The van der Waals surface area contributed by atoms with Gasteiger partial charge in [-0.3, -0.25) is 9.59 Å². The van der Waals surface area contributed by atoms with E-state index in [0.717, 1.165) is 44.8 Å². The van der Waals surface area contributed by atoms with Crippen molar-refractivity contribution in [3.63, 3.8) is 0 Å². The molecule has 31 heavy (non-hydrogen) atoms. The lowest BCUT2D eigenvalue weighted by molar-refractivity contribution is -0.139. The number of piperazine rings is 1. The van der Waals surface area contributed by atoms with E-state index in [2.05, 4.69) is 11.9 Å². The molecular weight excluding hydrogens is 418 g/mol. The number of halogens is 1. The molecule has 2 aliphatic heterocycles. The Morgan fingerprint density at radius 1 is 0.968 bits per heavy atom. The molecule has 0 saturated carbocycles. The van der Waals surface area contributed by atoms with E-state index in [1.165, 1.54) is 0 Å². The van der Waals surface area contributed by atoms with Gasteiger partial charge in [-0.25, -0.2) is 0 Å². The van der Waals surface area contributed by atoms with Crippen molar-refractivity contribution in [2.24, 2.45) is 5.41 Å². The van der Waals surface area contributed by atoms with Crippen LogP contribution in [0.2, 0.25) is 5.02 Å². The number of methoxy groups -OCH3 is 1. The summed E-state index contributed by atoms with van der Waals surface area (Å²) < 4.78 is 11.1. The predicted molar refractivity (Wildman–Crippen MR) is 120 cm³/mol. The fraction of sp³-hybridized carbons (Fsp3) is 0.652. The molecule has 1 aromatic carbocycles. The first-order chi connectivity index (χ1) is 14.9. The van der Waals surface area contributed by atoms with Crippen molar-refractivity contribution < 1.29 is 19.1 Å². The molecule has 2 aliphatic rings. The van der Waals surface area contributed by atoms with E-state index in [0.29, 0.717) is 44.2 Å². The van der Waals surface area contributed by atoms with Gasteiger partial charge in [0.15, 0.2) is 0 Å². The third-order valence-electron chi connectivity index (χ3n) is 6.44. The highest BCUT2D eigenvalue weighted by molar-refractivity contribution is 6.30. The zero-order chi connectivity index (χ0) is 22.3. The number of piperidine rings is 1. The monoisotopic (exact) mass is 451 g/mol. The highest BCUT2D eigenvalue weighted by atomic mass is 35.5. The van der Waals surface area contributed by atoms with Gasteiger partial charge in [0.05, 0.1) is 19.6 Å². The first kappa shape index (κ1) is 23.8. The SMILES string of the molecule is COCCC(=O)N1CCC(COc2ccc(Cl)cc2)(CC(=O)N2CCN(C)CC2)CC1. The molecule has 2 amide bonds. The van der Waals surface area contributed by atoms with Gasteiger partial charge in [-0.05, 0) is 44.2 Å². The van der Waals surface area contributed by atoms with Crippen LogP contribution in [0.5, 0.6) is 5.75 Å². The number of hydrogen-bond donors (Lipinski definition) is 0. The maximum Gasteiger partial charge on any atom is 0.224 e. The van der Waals surface area contributed by atoms with Crippen LogP contribution in [0.15, 0.2) is 24.3 Å². The Bertz CT molecular complexity index is 727. The Morgan fingerprint density at radius 2 is 1.58 bits per heavy atom.